The first-order valence-electron chi connectivity index (χ1n) is 5.52. The van der Waals surface area contributed by atoms with Gasteiger partial charge in [-0.2, -0.15) is 13.2 Å². The van der Waals surface area contributed by atoms with Crippen LogP contribution < -0.4 is 5.32 Å². The summed E-state index contributed by atoms with van der Waals surface area (Å²) in [6, 6.07) is 4.75. The second kappa shape index (κ2) is 6.28. The molecule has 0 fully saturated rings. The topological polar surface area (TPSA) is 49.3 Å². The molecule has 0 saturated carbocycles. The molecular formula is C12H14F3NO2. The zero-order chi connectivity index (χ0) is 13.6. The molecule has 0 spiro atoms. The van der Waals surface area contributed by atoms with Gasteiger partial charge in [0.05, 0.1) is 5.56 Å². The largest absolute Gasteiger partial charge is 0.481 e. The van der Waals surface area contributed by atoms with Crippen molar-refractivity contribution in [1.29, 1.82) is 0 Å². The minimum Gasteiger partial charge on any atom is -0.481 e. The number of halogens is 3. The van der Waals surface area contributed by atoms with Gasteiger partial charge in [-0.15, -0.1) is 0 Å². The molecule has 0 bridgehead atoms. The molecule has 0 radical (unpaired) electrons. The van der Waals surface area contributed by atoms with Crippen LogP contribution in [-0.4, -0.2) is 17.6 Å². The van der Waals surface area contributed by atoms with Crippen LogP contribution in [0.3, 0.4) is 0 Å². The lowest BCUT2D eigenvalue weighted by atomic mass is 10.2. The summed E-state index contributed by atoms with van der Waals surface area (Å²) in [6.45, 7) is 0.540. The van der Waals surface area contributed by atoms with Crippen LogP contribution in [-0.2, 0) is 11.0 Å². The van der Waals surface area contributed by atoms with Gasteiger partial charge in [0, 0.05) is 18.7 Å². The quantitative estimate of drug-likeness (QED) is 0.772. The Morgan fingerprint density at radius 2 is 1.78 bits per heavy atom. The van der Waals surface area contributed by atoms with E-state index in [1.54, 1.807) is 0 Å². The Morgan fingerprint density at radius 1 is 1.17 bits per heavy atom. The molecular weight excluding hydrogens is 247 g/mol. The van der Waals surface area contributed by atoms with E-state index in [9.17, 15) is 18.0 Å². The van der Waals surface area contributed by atoms with E-state index in [2.05, 4.69) is 5.32 Å². The molecule has 0 aliphatic rings. The number of hydrogen-bond acceptors (Lipinski definition) is 2. The summed E-state index contributed by atoms with van der Waals surface area (Å²) in [7, 11) is 0. The summed E-state index contributed by atoms with van der Waals surface area (Å²) in [5, 5.41) is 11.3. The summed E-state index contributed by atoms with van der Waals surface area (Å²) in [6.07, 6.45) is -3.01. The molecule has 2 N–H and O–H groups in total. The number of hydrogen-bond donors (Lipinski definition) is 2. The third-order valence-electron chi connectivity index (χ3n) is 2.36. The number of alkyl halides is 3. The number of benzene rings is 1. The summed E-state index contributed by atoms with van der Waals surface area (Å²) < 4.78 is 36.8. The van der Waals surface area contributed by atoms with Crippen LogP contribution in [0, 0.1) is 0 Å². The van der Waals surface area contributed by atoms with Crippen LogP contribution in [0.1, 0.15) is 24.8 Å². The van der Waals surface area contributed by atoms with Crippen molar-refractivity contribution in [3.05, 3.63) is 29.8 Å². The SMILES string of the molecule is O=C(O)CCCCNc1ccc(C(F)(F)F)cc1. The second-order valence-electron chi connectivity index (χ2n) is 3.85. The summed E-state index contributed by atoms with van der Waals surface area (Å²) in [5.41, 5.74) is -0.0859. The molecule has 1 aromatic rings. The molecule has 3 nitrogen and oxygen atoms in total. The number of nitrogens with one attached hydrogen (secondary N) is 1. The number of aliphatic carboxylic acids is 1. The fourth-order valence-electron chi connectivity index (χ4n) is 1.41. The van der Waals surface area contributed by atoms with Gasteiger partial charge in [0.2, 0.25) is 0 Å². The fourth-order valence-corrected chi connectivity index (χ4v) is 1.41. The van der Waals surface area contributed by atoms with Gasteiger partial charge in [-0.1, -0.05) is 0 Å². The zero-order valence-corrected chi connectivity index (χ0v) is 9.63. The minimum absolute atomic E-state index is 0.106. The third kappa shape index (κ3) is 5.07. The predicted octanol–water partition coefficient (Wildman–Crippen LogP) is 3.37. The first kappa shape index (κ1) is 14.3. The molecule has 0 saturated heterocycles. The summed E-state index contributed by atoms with van der Waals surface area (Å²) in [5.74, 6) is -0.843. The lowest BCUT2D eigenvalue weighted by molar-refractivity contribution is -0.138. The Labute approximate surface area is 103 Å². The van der Waals surface area contributed by atoms with Gasteiger partial charge in [0.15, 0.2) is 0 Å². The number of carboxylic acid groups (broad SMARTS) is 1. The molecule has 0 aliphatic carbocycles. The van der Waals surface area contributed by atoms with E-state index in [1.165, 1.54) is 12.1 Å². The number of anilines is 1. The molecule has 0 amide bonds. The van der Waals surface area contributed by atoms with E-state index in [0.29, 0.717) is 25.1 Å². The third-order valence-corrected chi connectivity index (χ3v) is 2.36. The molecule has 0 atom stereocenters. The Hall–Kier alpha value is -1.72. The van der Waals surface area contributed by atoms with Gasteiger partial charge in [-0.05, 0) is 37.1 Å². The number of unbranched alkanes of at least 4 members (excludes halogenated alkanes) is 1. The van der Waals surface area contributed by atoms with E-state index in [1.807, 2.05) is 0 Å². The second-order valence-corrected chi connectivity index (χ2v) is 3.85. The maximum Gasteiger partial charge on any atom is 0.416 e. The average molecular weight is 261 g/mol. The van der Waals surface area contributed by atoms with Gasteiger partial charge in [0.25, 0.3) is 0 Å². The first-order chi connectivity index (χ1) is 8.39. The Bertz CT molecular complexity index is 387. The molecule has 6 heteroatoms. The van der Waals surface area contributed by atoms with Crippen molar-refractivity contribution in [2.75, 3.05) is 11.9 Å². The number of carbonyl (C=O) groups is 1. The lowest BCUT2D eigenvalue weighted by Crippen LogP contribution is -2.06. The minimum atomic E-state index is -4.32. The Kier molecular flexibility index (Phi) is 5.00. The van der Waals surface area contributed by atoms with Gasteiger partial charge in [0.1, 0.15) is 0 Å². The van der Waals surface area contributed by atoms with Crippen LogP contribution in [0.5, 0.6) is 0 Å². The summed E-state index contributed by atoms with van der Waals surface area (Å²) in [4.78, 5) is 10.2. The van der Waals surface area contributed by atoms with Crippen LogP contribution in [0.2, 0.25) is 0 Å². The number of rotatable bonds is 6. The van der Waals surface area contributed by atoms with Gasteiger partial charge >= 0.3 is 12.1 Å². The Morgan fingerprint density at radius 3 is 2.28 bits per heavy atom. The standard InChI is InChI=1S/C12H14F3NO2/c13-12(14,15)9-4-6-10(7-5-9)16-8-2-1-3-11(17)18/h4-7,16H,1-3,8H2,(H,17,18). The van der Waals surface area contributed by atoms with Crippen molar-refractivity contribution >= 4 is 11.7 Å². The van der Waals surface area contributed by atoms with Crippen molar-refractivity contribution in [1.82, 2.24) is 0 Å². The highest BCUT2D eigenvalue weighted by Gasteiger charge is 2.29. The molecule has 100 valence electrons. The van der Waals surface area contributed by atoms with E-state index >= 15 is 0 Å². The summed E-state index contributed by atoms with van der Waals surface area (Å²) >= 11 is 0. The molecule has 0 aromatic heterocycles. The van der Waals surface area contributed by atoms with E-state index in [-0.39, 0.29) is 6.42 Å². The lowest BCUT2D eigenvalue weighted by Gasteiger charge is -2.09. The maximum atomic E-state index is 12.3. The van der Waals surface area contributed by atoms with Crippen molar-refractivity contribution in [2.45, 2.75) is 25.4 Å². The molecule has 0 aliphatic heterocycles. The van der Waals surface area contributed by atoms with Gasteiger partial charge in [-0.25, -0.2) is 0 Å². The normalized spacial score (nSPS) is 11.3. The highest BCUT2D eigenvalue weighted by atomic mass is 19.4. The zero-order valence-electron chi connectivity index (χ0n) is 9.63. The van der Waals surface area contributed by atoms with Crippen LogP contribution in [0.15, 0.2) is 24.3 Å². The molecule has 0 unspecified atom stereocenters. The van der Waals surface area contributed by atoms with Crippen LogP contribution in [0.4, 0.5) is 18.9 Å². The van der Waals surface area contributed by atoms with Gasteiger partial charge in [-0.3, -0.25) is 4.79 Å². The van der Waals surface area contributed by atoms with E-state index < -0.39 is 17.7 Å². The van der Waals surface area contributed by atoms with Crippen molar-refractivity contribution < 1.29 is 23.1 Å². The molecule has 1 aromatic carbocycles. The maximum absolute atomic E-state index is 12.3. The van der Waals surface area contributed by atoms with Crippen molar-refractivity contribution in [3.8, 4) is 0 Å². The smallest absolute Gasteiger partial charge is 0.416 e. The molecule has 18 heavy (non-hydrogen) atoms. The monoisotopic (exact) mass is 261 g/mol. The molecule has 1 rings (SSSR count). The fraction of sp³-hybridized carbons (Fsp3) is 0.417. The van der Waals surface area contributed by atoms with Crippen molar-refractivity contribution in [2.24, 2.45) is 0 Å². The average Bonchev–Trinajstić information content (AvgIpc) is 2.27. The van der Waals surface area contributed by atoms with Crippen molar-refractivity contribution in [3.63, 3.8) is 0 Å². The van der Waals surface area contributed by atoms with Crippen LogP contribution in [0.25, 0.3) is 0 Å². The van der Waals surface area contributed by atoms with E-state index in [0.717, 1.165) is 12.1 Å². The van der Waals surface area contributed by atoms with Gasteiger partial charge < -0.3 is 10.4 Å². The predicted molar refractivity (Wildman–Crippen MR) is 61.4 cm³/mol. The van der Waals surface area contributed by atoms with E-state index in [4.69, 9.17) is 5.11 Å². The molecule has 0 heterocycles. The van der Waals surface area contributed by atoms with Crippen LogP contribution >= 0.6 is 0 Å². The Balaban J connectivity index is 2.33. The highest BCUT2D eigenvalue weighted by Crippen LogP contribution is 2.29. The highest BCUT2D eigenvalue weighted by molar-refractivity contribution is 5.66. The first-order valence-corrected chi connectivity index (χ1v) is 5.52. The number of carboxylic acids is 1.